The molecule has 6 heteroatoms. The molecule has 0 aliphatic rings. The molecule has 0 saturated carbocycles. The number of hydrogen-bond donors (Lipinski definition) is 2. The second-order valence-corrected chi connectivity index (χ2v) is 6.65. The Morgan fingerprint density at radius 2 is 2.00 bits per heavy atom. The summed E-state index contributed by atoms with van der Waals surface area (Å²) in [5, 5.41) is 1.29. The predicted octanol–water partition coefficient (Wildman–Crippen LogP) is 3.19. The van der Waals surface area contributed by atoms with Crippen molar-refractivity contribution in [2.45, 2.75) is 17.2 Å². The maximum Gasteiger partial charge on any atom is 0.265 e. The lowest BCUT2D eigenvalue weighted by molar-refractivity contribution is 0.0953. The van der Waals surface area contributed by atoms with E-state index in [0.717, 1.165) is 10.6 Å². The van der Waals surface area contributed by atoms with Gasteiger partial charge in [-0.05, 0) is 47.5 Å². The highest BCUT2D eigenvalue weighted by Crippen LogP contribution is 2.41. The molecular formula is C14H15N3OS2. The molecule has 0 aliphatic heterocycles. The summed E-state index contributed by atoms with van der Waals surface area (Å²) in [6.07, 6.45) is 1.79. The third-order valence-electron chi connectivity index (χ3n) is 2.69. The van der Waals surface area contributed by atoms with Crippen molar-refractivity contribution in [1.82, 2.24) is 10.4 Å². The third-order valence-corrected chi connectivity index (χ3v) is 5.43. The second kappa shape index (κ2) is 7.33. The Kier molecular flexibility index (Phi) is 5.46. The lowest BCUT2D eigenvalue weighted by Crippen LogP contribution is -2.29. The number of nitrogens with two attached hydrogens (primary N) is 1. The van der Waals surface area contributed by atoms with Gasteiger partial charge in [-0.3, -0.25) is 10.2 Å². The van der Waals surface area contributed by atoms with Crippen LogP contribution in [-0.4, -0.2) is 10.9 Å². The molecule has 20 heavy (non-hydrogen) atoms. The smallest absolute Gasteiger partial charge is 0.265 e. The number of rotatable bonds is 5. The van der Waals surface area contributed by atoms with E-state index in [-0.39, 0.29) is 5.91 Å². The van der Waals surface area contributed by atoms with E-state index in [0.29, 0.717) is 10.8 Å². The van der Waals surface area contributed by atoms with Crippen LogP contribution in [0.2, 0.25) is 0 Å². The highest BCUT2D eigenvalue weighted by atomic mass is 33.1. The van der Waals surface area contributed by atoms with Gasteiger partial charge in [0.15, 0.2) is 0 Å². The normalized spacial score (nSPS) is 11.9. The summed E-state index contributed by atoms with van der Waals surface area (Å²) in [6.45, 7) is 2.12. The van der Waals surface area contributed by atoms with Gasteiger partial charge in [-0.15, -0.1) is 0 Å². The molecule has 1 aromatic carbocycles. The van der Waals surface area contributed by atoms with Gasteiger partial charge in [-0.25, -0.2) is 10.8 Å². The molecular weight excluding hydrogens is 290 g/mol. The first-order valence-electron chi connectivity index (χ1n) is 6.06. The van der Waals surface area contributed by atoms with E-state index in [4.69, 9.17) is 5.84 Å². The molecule has 1 atom stereocenters. The van der Waals surface area contributed by atoms with Crippen molar-refractivity contribution >= 4 is 27.5 Å². The first-order chi connectivity index (χ1) is 9.70. The van der Waals surface area contributed by atoms with Crippen LogP contribution in [0.4, 0.5) is 0 Å². The molecule has 1 unspecified atom stereocenters. The van der Waals surface area contributed by atoms with Crippen LogP contribution in [0.3, 0.4) is 0 Å². The van der Waals surface area contributed by atoms with Crippen molar-refractivity contribution in [3.63, 3.8) is 0 Å². The minimum Gasteiger partial charge on any atom is -0.290 e. The van der Waals surface area contributed by atoms with Crippen LogP contribution >= 0.6 is 21.6 Å². The number of benzene rings is 1. The Morgan fingerprint density at radius 1 is 1.25 bits per heavy atom. The summed E-state index contributed by atoms with van der Waals surface area (Å²) >= 11 is 0. The lowest BCUT2D eigenvalue weighted by atomic mass is 10.1. The van der Waals surface area contributed by atoms with Gasteiger partial charge in [-0.2, -0.15) is 0 Å². The summed E-state index contributed by atoms with van der Waals surface area (Å²) in [5.74, 6) is 4.82. The van der Waals surface area contributed by atoms with Crippen molar-refractivity contribution in [3.05, 3.63) is 59.8 Å². The minimum absolute atomic E-state index is 0.278. The number of pyridine rings is 1. The van der Waals surface area contributed by atoms with Gasteiger partial charge in [0.1, 0.15) is 5.03 Å². The number of amides is 1. The number of carbonyl (C=O) groups is 1. The van der Waals surface area contributed by atoms with E-state index < -0.39 is 0 Å². The summed E-state index contributed by atoms with van der Waals surface area (Å²) < 4.78 is 0. The van der Waals surface area contributed by atoms with Crippen LogP contribution in [-0.2, 0) is 0 Å². The Bertz CT molecular complexity index is 560. The molecule has 0 saturated heterocycles. The van der Waals surface area contributed by atoms with Gasteiger partial charge in [0.2, 0.25) is 0 Å². The highest BCUT2D eigenvalue weighted by Gasteiger charge is 2.09. The van der Waals surface area contributed by atoms with Crippen molar-refractivity contribution in [3.8, 4) is 0 Å². The van der Waals surface area contributed by atoms with Gasteiger partial charge >= 0.3 is 0 Å². The maximum atomic E-state index is 11.4. The maximum absolute atomic E-state index is 11.4. The van der Waals surface area contributed by atoms with Gasteiger partial charge in [-0.1, -0.05) is 29.0 Å². The fourth-order valence-electron chi connectivity index (χ4n) is 1.56. The summed E-state index contributed by atoms with van der Waals surface area (Å²) in [5.41, 5.74) is 3.84. The fourth-order valence-corrected chi connectivity index (χ4v) is 3.67. The second-order valence-electron chi connectivity index (χ2n) is 4.09. The standard InChI is InChI=1S/C14H15N3OS2/c1-10(19-20-13-4-2-3-9-16-13)11-5-7-12(8-6-11)14(18)17-15/h2-10H,15H2,1H3,(H,17,18). The molecule has 0 aliphatic carbocycles. The van der Waals surface area contributed by atoms with E-state index >= 15 is 0 Å². The zero-order valence-corrected chi connectivity index (χ0v) is 12.6. The molecule has 2 aromatic rings. The summed E-state index contributed by atoms with van der Waals surface area (Å²) in [4.78, 5) is 15.6. The SMILES string of the molecule is CC(SSc1ccccn1)c1ccc(C(=O)NN)cc1. The number of nitrogens with zero attached hydrogens (tertiary/aromatic N) is 1. The van der Waals surface area contributed by atoms with Crippen molar-refractivity contribution in [2.24, 2.45) is 5.84 Å². The zero-order chi connectivity index (χ0) is 14.4. The van der Waals surface area contributed by atoms with Crippen LogP contribution in [0.15, 0.2) is 53.7 Å². The number of aromatic nitrogens is 1. The summed E-state index contributed by atoms with van der Waals surface area (Å²) in [7, 11) is 3.38. The number of hydrazine groups is 1. The average Bonchev–Trinajstić information content (AvgIpc) is 2.53. The molecule has 0 bridgehead atoms. The lowest BCUT2D eigenvalue weighted by Gasteiger charge is -2.11. The van der Waals surface area contributed by atoms with Gasteiger partial charge in [0, 0.05) is 17.0 Å². The number of hydrogen-bond acceptors (Lipinski definition) is 5. The minimum atomic E-state index is -0.278. The molecule has 0 fully saturated rings. The summed E-state index contributed by atoms with van der Waals surface area (Å²) in [6, 6.07) is 13.3. The molecule has 1 amide bonds. The van der Waals surface area contributed by atoms with Crippen molar-refractivity contribution in [2.75, 3.05) is 0 Å². The molecule has 4 nitrogen and oxygen atoms in total. The molecule has 104 valence electrons. The van der Waals surface area contributed by atoms with Gasteiger partial charge < -0.3 is 0 Å². The van der Waals surface area contributed by atoms with Crippen LogP contribution in [0, 0.1) is 0 Å². The first-order valence-corrected chi connectivity index (χ1v) is 8.27. The Balaban J connectivity index is 1.95. The number of nitrogen functional groups attached to an aromatic ring is 1. The van der Waals surface area contributed by atoms with Crippen LogP contribution in [0.1, 0.15) is 28.1 Å². The Morgan fingerprint density at radius 3 is 2.60 bits per heavy atom. The van der Waals surface area contributed by atoms with E-state index in [9.17, 15) is 4.79 Å². The third kappa shape index (κ3) is 4.00. The quantitative estimate of drug-likeness (QED) is 0.384. The van der Waals surface area contributed by atoms with Crippen molar-refractivity contribution in [1.29, 1.82) is 0 Å². The predicted molar refractivity (Wildman–Crippen MR) is 84.2 cm³/mol. The number of carbonyl (C=O) groups excluding carboxylic acids is 1. The van der Waals surface area contributed by atoms with Gasteiger partial charge in [0.25, 0.3) is 5.91 Å². The molecule has 3 N–H and O–H groups in total. The van der Waals surface area contributed by atoms with Gasteiger partial charge in [0.05, 0.1) is 0 Å². The molecule has 0 spiro atoms. The van der Waals surface area contributed by atoms with Crippen LogP contribution in [0.5, 0.6) is 0 Å². The monoisotopic (exact) mass is 305 g/mol. The Hall–Kier alpha value is -1.50. The van der Waals surface area contributed by atoms with Crippen LogP contribution < -0.4 is 11.3 Å². The Labute approximate surface area is 125 Å². The fraction of sp³-hybridized carbons (Fsp3) is 0.143. The van der Waals surface area contributed by atoms with E-state index in [1.54, 1.807) is 39.9 Å². The van der Waals surface area contributed by atoms with E-state index in [1.807, 2.05) is 30.3 Å². The van der Waals surface area contributed by atoms with E-state index in [1.165, 1.54) is 0 Å². The highest BCUT2D eigenvalue weighted by molar-refractivity contribution is 8.76. The van der Waals surface area contributed by atoms with Crippen LogP contribution in [0.25, 0.3) is 0 Å². The zero-order valence-electron chi connectivity index (χ0n) is 10.9. The number of nitrogens with one attached hydrogen (secondary N) is 1. The first kappa shape index (κ1) is 14.9. The molecule has 1 aromatic heterocycles. The topological polar surface area (TPSA) is 68.0 Å². The van der Waals surface area contributed by atoms with Crippen molar-refractivity contribution < 1.29 is 4.79 Å². The molecule has 1 heterocycles. The average molecular weight is 305 g/mol. The molecule has 2 rings (SSSR count). The van der Waals surface area contributed by atoms with E-state index in [2.05, 4.69) is 17.3 Å². The largest absolute Gasteiger partial charge is 0.290 e. The molecule has 0 radical (unpaired) electrons.